The number of benzene rings is 1. The molecule has 1 aromatic rings. The van der Waals surface area contributed by atoms with Crippen LogP contribution in [0.25, 0.3) is 0 Å². The Kier molecular flexibility index (Phi) is 2.33. The molecule has 0 saturated heterocycles. The standard InChI is InChI=1S/C11H16N2O/c1-7-4-8(12)2-3-11(7)13-9-5-10(14)6-9/h2-4,9-10,13-14H,5-6,12H2,1H3. The van der Waals surface area contributed by atoms with Crippen LogP contribution in [0.2, 0.25) is 0 Å². The lowest BCUT2D eigenvalue weighted by Gasteiger charge is -2.33. The molecule has 1 aromatic carbocycles. The maximum Gasteiger partial charge on any atom is 0.0579 e. The summed E-state index contributed by atoms with van der Waals surface area (Å²) in [5.41, 5.74) is 8.73. The van der Waals surface area contributed by atoms with Crippen molar-refractivity contribution in [3.63, 3.8) is 0 Å². The fourth-order valence-electron chi connectivity index (χ4n) is 1.77. The zero-order chi connectivity index (χ0) is 10.1. The van der Waals surface area contributed by atoms with Gasteiger partial charge in [-0.15, -0.1) is 0 Å². The SMILES string of the molecule is Cc1cc(N)ccc1NC1CC(O)C1. The van der Waals surface area contributed by atoms with Gasteiger partial charge in [0.05, 0.1) is 6.10 Å². The highest BCUT2D eigenvalue weighted by Crippen LogP contribution is 2.26. The molecule has 3 heteroatoms. The fraction of sp³-hybridized carbons (Fsp3) is 0.455. The van der Waals surface area contributed by atoms with Gasteiger partial charge in [0.25, 0.3) is 0 Å². The number of nitrogens with two attached hydrogens (primary N) is 1. The lowest BCUT2D eigenvalue weighted by atomic mass is 9.89. The summed E-state index contributed by atoms with van der Waals surface area (Å²) in [6.07, 6.45) is 1.59. The van der Waals surface area contributed by atoms with E-state index in [-0.39, 0.29) is 6.10 Å². The normalized spacial score (nSPS) is 25.6. The Labute approximate surface area is 83.9 Å². The molecular formula is C11H16N2O. The fourth-order valence-corrected chi connectivity index (χ4v) is 1.77. The molecule has 0 atom stereocenters. The van der Waals surface area contributed by atoms with Gasteiger partial charge in [-0.2, -0.15) is 0 Å². The van der Waals surface area contributed by atoms with Crippen LogP contribution in [0.15, 0.2) is 18.2 Å². The highest BCUT2D eigenvalue weighted by atomic mass is 16.3. The van der Waals surface area contributed by atoms with E-state index in [4.69, 9.17) is 10.8 Å². The van der Waals surface area contributed by atoms with Crippen LogP contribution in [0.1, 0.15) is 18.4 Å². The van der Waals surface area contributed by atoms with Gasteiger partial charge in [-0.1, -0.05) is 0 Å². The molecule has 2 rings (SSSR count). The molecule has 1 saturated carbocycles. The molecule has 0 bridgehead atoms. The van der Waals surface area contributed by atoms with Crippen molar-refractivity contribution in [3.05, 3.63) is 23.8 Å². The van der Waals surface area contributed by atoms with Crippen LogP contribution in [-0.4, -0.2) is 17.3 Å². The third-order valence-corrected chi connectivity index (χ3v) is 2.72. The predicted octanol–water partition coefficient (Wildman–Crippen LogP) is 1.51. The molecule has 0 amide bonds. The summed E-state index contributed by atoms with van der Waals surface area (Å²) in [4.78, 5) is 0. The second-order valence-corrected chi connectivity index (χ2v) is 4.04. The number of aliphatic hydroxyl groups is 1. The number of hydrogen-bond donors (Lipinski definition) is 3. The molecule has 0 aromatic heterocycles. The molecule has 0 unspecified atom stereocenters. The van der Waals surface area contributed by atoms with Gasteiger partial charge in [0.2, 0.25) is 0 Å². The molecule has 1 fully saturated rings. The van der Waals surface area contributed by atoms with E-state index in [0.717, 1.165) is 29.8 Å². The lowest BCUT2D eigenvalue weighted by molar-refractivity contribution is 0.0836. The van der Waals surface area contributed by atoms with E-state index >= 15 is 0 Å². The van der Waals surface area contributed by atoms with Crippen molar-refractivity contribution >= 4 is 11.4 Å². The van der Waals surface area contributed by atoms with E-state index in [1.165, 1.54) is 0 Å². The Balaban J connectivity index is 2.02. The van der Waals surface area contributed by atoms with Crippen LogP contribution in [0.4, 0.5) is 11.4 Å². The Morgan fingerprint density at radius 2 is 2.14 bits per heavy atom. The van der Waals surface area contributed by atoms with Crippen molar-refractivity contribution in [3.8, 4) is 0 Å². The Bertz CT molecular complexity index is 332. The van der Waals surface area contributed by atoms with E-state index in [1.807, 2.05) is 25.1 Å². The van der Waals surface area contributed by atoms with Crippen molar-refractivity contribution in [2.75, 3.05) is 11.1 Å². The number of hydrogen-bond acceptors (Lipinski definition) is 3. The van der Waals surface area contributed by atoms with Crippen LogP contribution >= 0.6 is 0 Å². The molecule has 14 heavy (non-hydrogen) atoms. The van der Waals surface area contributed by atoms with Gasteiger partial charge in [0.1, 0.15) is 0 Å². The maximum absolute atomic E-state index is 9.15. The van der Waals surface area contributed by atoms with E-state index < -0.39 is 0 Å². The van der Waals surface area contributed by atoms with Crippen molar-refractivity contribution in [2.24, 2.45) is 0 Å². The number of rotatable bonds is 2. The van der Waals surface area contributed by atoms with Gasteiger partial charge in [-0.05, 0) is 43.5 Å². The highest BCUT2D eigenvalue weighted by molar-refractivity contribution is 5.58. The van der Waals surface area contributed by atoms with Crippen LogP contribution < -0.4 is 11.1 Å². The van der Waals surface area contributed by atoms with Crippen LogP contribution in [0.3, 0.4) is 0 Å². The summed E-state index contributed by atoms with van der Waals surface area (Å²) in [5, 5.41) is 12.5. The molecule has 1 aliphatic rings. The summed E-state index contributed by atoms with van der Waals surface area (Å²) < 4.78 is 0. The van der Waals surface area contributed by atoms with Crippen LogP contribution in [0.5, 0.6) is 0 Å². The largest absolute Gasteiger partial charge is 0.399 e. The molecule has 76 valence electrons. The highest BCUT2D eigenvalue weighted by Gasteiger charge is 2.26. The van der Waals surface area contributed by atoms with E-state index in [1.54, 1.807) is 0 Å². The molecule has 0 heterocycles. The topological polar surface area (TPSA) is 58.3 Å². The van der Waals surface area contributed by atoms with E-state index in [0.29, 0.717) is 6.04 Å². The van der Waals surface area contributed by atoms with Crippen molar-refractivity contribution in [1.82, 2.24) is 0 Å². The summed E-state index contributed by atoms with van der Waals surface area (Å²) >= 11 is 0. The first kappa shape index (κ1) is 9.34. The monoisotopic (exact) mass is 192 g/mol. The number of aliphatic hydroxyl groups excluding tert-OH is 1. The summed E-state index contributed by atoms with van der Waals surface area (Å²) in [7, 11) is 0. The number of nitrogen functional groups attached to an aromatic ring is 1. The second kappa shape index (κ2) is 3.50. The zero-order valence-electron chi connectivity index (χ0n) is 8.33. The van der Waals surface area contributed by atoms with Crippen molar-refractivity contribution in [1.29, 1.82) is 0 Å². The average molecular weight is 192 g/mol. The van der Waals surface area contributed by atoms with Gasteiger partial charge < -0.3 is 16.2 Å². The van der Waals surface area contributed by atoms with Gasteiger partial charge in [-0.25, -0.2) is 0 Å². The summed E-state index contributed by atoms with van der Waals surface area (Å²) in [5.74, 6) is 0. The number of aryl methyl sites for hydroxylation is 1. The molecule has 3 nitrogen and oxygen atoms in total. The molecule has 4 N–H and O–H groups in total. The van der Waals surface area contributed by atoms with Gasteiger partial charge in [-0.3, -0.25) is 0 Å². The predicted molar refractivity (Wildman–Crippen MR) is 58.2 cm³/mol. The average Bonchev–Trinajstić information content (AvgIpc) is 2.06. The summed E-state index contributed by atoms with van der Waals surface area (Å²) in [6.45, 7) is 2.04. The van der Waals surface area contributed by atoms with Gasteiger partial charge >= 0.3 is 0 Å². The number of anilines is 2. The van der Waals surface area contributed by atoms with Gasteiger partial charge in [0, 0.05) is 17.4 Å². The third-order valence-electron chi connectivity index (χ3n) is 2.72. The lowest BCUT2D eigenvalue weighted by Crippen LogP contribution is -2.39. The smallest absolute Gasteiger partial charge is 0.0579 e. The van der Waals surface area contributed by atoms with Crippen molar-refractivity contribution < 1.29 is 5.11 Å². The Morgan fingerprint density at radius 1 is 1.43 bits per heavy atom. The van der Waals surface area contributed by atoms with E-state index in [2.05, 4.69) is 5.32 Å². The van der Waals surface area contributed by atoms with Gasteiger partial charge in [0.15, 0.2) is 0 Å². The molecule has 0 radical (unpaired) electrons. The molecule has 0 spiro atoms. The second-order valence-electron chi connectivity index (χ2n) is 4.04. The Hall–Kier alpha value is -1.22. The zero-order valence-corrected chi connectivity index (χ0v) is 8.33. The van der Waals surface area contributed by atoms with Crippen molar-refractivity contribution in [2.45, 2.75) is 31.9 Å². The molecule has 0 aliphatic heterocycles. The first-order chi connectivity index (χ1) is 6.65. The minimum Gasteiger partial charge on any atom is -0.399 e. The van der Waals surface area contributed by atoms with Crippen LogP contribution in [-0.2, 0) is 0 Å². The maximum atomic E-state index is 9.15. The third kappa shape index (κ3) is 1.82. The molecule has 1 aliphatic carbocycles. The minimum absolute atomic E-state index is 0.110. The first-order valence-corrected chi connectivity index (χ1v) is 4.96. The van der Waals surface area contributed by atoms with E-state index in [9.17, 15) is 0 Å². The first-order valence-electron chi connectivity index (χ1n) is 4.96. The number of nitrogens with one attached hydrogen (secondary N) is 1. The molecular weight excluding hydrogens is 176 g/mol. The Morgan fingerprint density at radius 3 is 2.71 bits per heavy atom. The minimum atomic E-state index is -0.110. The van der Waals surface area contributed by atoms with Crippen LogP contribution in [0, 0.1) is 6.92 Å². The summed E-state index contributed by atoms with van der Waals surface area (Å²) in [6, 6.07) is 6.27. The quantitative estimate of drug-likeness (QED) is 0.622.